The first-order valence-electron chi connectivity index (χ1n) is 12.7. The van der Waals surface area contributed by atoms with Gasteiger partial charge in [-0.2, -0.15) is 5.10 Å². The molecule has 0 saturated carbocycles. The molecule has 2 amide bonds. The van der Waals surface area contributed by atoms with Crippen molar-refractivity contribution in [3.05, 3.63) is 52.8 Å². The van der Waals surface area contributed by atoms with Crippen LogP contribution in [0.4, 0.5) is 0 Å². The molecule has 0 aliphatic carbocycles. The SMILES string of the molecule is CCCN1C(=O)[C@H](CC(C)C)NC(=O)C12CCN(C(c1ccccc1)c1c(C)n[nH]c1C)CC2. The van der Waals surface area contributed by atoms with Crippen molar-refractivity contribution in [2.75, 3.05) is 19.6 Å². The molecule has 34 heavy (non-hydrogen) atoms. The molecule has 2 atom stereocenters. The molecule has 2 saturated heterocycles. The second-order valence-electron chi connectivity index (χ2n) is 10.4. The number of amides is 2. The van der Waals surface area contributed by atoms with E-state index in [2.05, 4.69) is 72.4 Å². The Morgan fingerprint density at radius 1 is 1.12 bits per heavy atom. The molecular formula is C27H39N5O2. The number of likely N-dealkylation sites (tertiary alicyclic amines) is 1. The summed E-state index contributed by atoms with van der Waals surface area (Å²) in [5.41, 5.74) is 3.74. The van der Waals surface area contributed by atoms with E-state index in [0.717, 1.165) is 30.9 Å². The summed E-state index contributed by atoms with van der Waals surface area (Å²) in [4.78, 5) is 31.4. The predicted octanol–water partition coefficient (Wildman–Crippen LogP) is 3.73. The Bertz CT molecular complexity index is 988. The fraction of sp³-hybridized carbons (Fsp3) is 0.593. The number of rotatable bonds is 7. The van der Waals surface area contributed by atoms with E-state index in [9.17, 15) is 9.59 Å². The Labute approximate surface area is 203 Å². The van der Waals surface area contributed by atoms with Gasteiger partial charge in [0.1, 0.15) is 11.6 Å². The first-order chi connectivity index (χ1) is 16.3. The molecular weight excluding hydrogens is 426 g/mol. The van der Waals surface area contributed by atoms with Gasteiger partial charge in [0.2, 0.25) is 11.8 Å². The molecule has 4 rings (SSSR count). The monoisotopic (exact) mass is 465 g/mol. The quantitative estimate of drug-likeness (QED) is 0.653. The molecule has 1 unspecified atom stereocenters. The Morgan fingerprint density at radius 3 is 2.35 bits per heavy atom. The van der Waals surface area contributed by atoms with Crippen LogP contribution in [0.25, 0.3) is 0 Å². The highest BCUT2D eigenvalue weighted by Crippen LogP contribution is 2.39. The van der Waals surface area contributed by atoms with Crippen LogP contribution in [0.5, 0.6) is 0 Å². The first-order valence-corrected chi connectivity index (χ1v) is 12.7. The number of carbonyl (C=O) groups is 2. The number of aromatic nitrogens is 2. The van der Waals surface area contributed by atoms with Crippen molar-refractivity contribution < 1.29 is 9.59 Å². The van der Waals surface area contributed by atoms with Crippen molar-refractivity contribution in [3.8, 4) is 0 Å². The van der Waals surface area contributed by atoms with Crippen molar-refractivity contribution in [3.63, 3.8) is 0 Å². The fourth-order valence-electron chi connectivity index (χ4n) is 5.86. The minimum atomic E-state index is -0.751. The van der Waals surface area contributed by atoms with Crippen LogP contribution in [0.1, 0.15) is 75.0 Å². The van der Waals surface area contributed by atoms with Gasteiger partial charge in [-0.1, -0.05) is 51.1 Å². The second-order valence-corrected chi connectivity index (χ2v) is 10.4. The molecule has 2 fully saturated rings. The van der Waals surface area contributed by atoms with Gasteiger partial charge in [0.05, 0.1) is 11.7 Å². The molecule has 1 spiro atoms. The van der Waals surface area contributed by atoms with Crippen LogP contribution < -0.4 is 5.32 Å². The normalized spacial score (nSPS) is 21.8. The number of hydrogen-bond acceptors (Lipinski definition) is 4. The van der Waals surface area contributed by atoms with E-state index in [1.807, 2.05) is 17.9 Å². The molecule has 7 heteroatoms. The summed E-state index contributed by atoms with van der Waals surface area (Å²) in [7, 11) is 0. The summed E-state index contributed by atoms with van der Waals surface area (Å²) in [5, 5.41) is 10.7. The number of carbonyl (C=O) groups excluding carboxylic acids is 2. The van der Waals surface area contributed by atoms with Crippen LogP contribution in [0.3, 0.4) is 0 Å². The Balaban J connectivity index is 1.62. The van der Waals surface area contributed by atoms with Gasteiger partial charge < -0.3 is 10.2 Å². The zero-order valence-electron chi connectivity index (χ0n) is 21.2. The maximum Gasteiger partial charge on any atom is 0.246 e. The first kappa shape index (κ1) is 24.5. The average Bonchev–Trinajstić information content (AvgIpc) is 3.15. The molecule has 0 bridgehead atoms. The lowest BCUT2D eigenvalue weighted by Crippen LogP contribution is -2.73. The highest BCUT2D eigenvalue weighted by Gasteiger charge is 2.53. The Morgan fingerprint density at radius 2 is 1.79 bits per heavy atom. The van der Waals surface area contributed by atoms with Crippen LogP contribution in [-0.2, 0) is 9.59 Å². The van der Waals surface area contributed by atoms with Crippen molar-refractivity contribution >= 4 is 11.8 Å². The van der Waals surface area contributed by atoms with Gasteiger partial charge in [-0.05, 0) is 51.0 Å². The topological polar surface area (TPSA) is 81.3 Å². The van der Waals surface area contributed by atoms with Crippen LogP contribution in [0.2, 0.25) is 0 Å². The molecule has 1 aromatic heterocycles. The molecule has 1 aromatic carbocycles. The van der Waals surface area contributed by atoms with Gasteiger partial charge in [0.15, 0.2) is 0 Å². The highest BCUT2D eigenvalue weighted by molar-refractivity contribution is 6.00. The number of nitrogens with one attached hydrogen (secondary N) is 2. The van der Waals surface area contributed by atoms with Gasteiger partial charge in [-0.15, -0.1) is 0 Å². The second kappa shape index (κ2) is 9.90. The van der Waals surface area contributed by atoms with E-state index in [0.29, 0.717) is 31.7 Å². The van der Waals surface area contributed by atoms with E-state index >= 15 is 0 Å². The largest absolute Gasteiger partial charge is 0.342 e. The number of nitrogens with zero attached hydrogens (tertiary/aromatic N) is 3. The molecule has 0 radical (unpaired) electrons. The molecule has 2 aliphatic rings. The minimum absolute atomic E-state index is 0.0257. The molecule has 2 aliphatic heterocycles. The van der Waals surface area contributed by atoms with E-state index in [-0.39, 0.29) is 17.9 Å². The molecule has 2 N–H and O–H groups in total. The smallest absolute Gasteiger partial charge is 0.246 e. The summed E-state index contributed by atoms with van der Waals surface area (Å²) >= 11 is 0. The molecule has 184 valence electrons. The third-order valence-electron chi connectivity index (χ3n) is 7.53. The zero-order chi connectivity index (χ0) is 24.5. The fourth-order valence-corrected chi connectivity index (χ4v) is 5.86. The number of aryl methyl sites for hydroxylation is 2. The van der Waals surface area contributed by atoms with Crippen LogP contribution in [0.15, 0.2) is 30.3 Å². The summed E-state index contributed by atoms with van der Waals surface area (Å²) in [5.74, 6) is 0.462. The lowest BCUT2D eigenvalue weighted by molar-refractivity contribution is -0.162. The number of piperidine rings is 1. The van der Waals surface area contributed by atoms with Gasteiger partial charge in [-0.25, -0.2) is 0 Å². The number of hydrogen-bond donors (Lipinski definition) is 2. The maximum atomic E-state index is 13.5. The van der Waals surface area contributed by atoms with Gasteiger partial charge in [0.25, 0.3) is 0 Å². The van der Waals surface area contributed by atoms with Crippen LogP contribution >= 0.6 is 0 Å². The molecule has 2 aromatic rings. The minimum Gasteiger partial charge on any atom is -0.342 e. The van der Waals surface area contributed by atoms with Gasteiger partial charge >= 0.3 is 0 Å². The van der Waals surface area contributed by atoms with E-state index < -0.39 is 11.6 Å². The number of H-pyrrole nitrogens is 1. The highest BCUT2D eigenvalue weighted by atomic mass is 16.2. The Hall–Kier alpha value is -2.67. The number of benzene rings is 1. The van der Waals surface area contributed by atoms with Crippen LogP contribution in [-0.4, -0.2) is 63.0 Å². The Kier molecular flexibility index (Phi) is 7.12. The predicted molar refractivity (Wildman–Crippen MR) is 133 cm³/mol. The lowest BCUT2D eigenvalue weighted by atomic mass is 9.79. The standard InChI is InChI=1S/C27H39N5O2/c1-6-14-32-25(33)22(17-18(2)3)28-26(34)27(32)12-15-31(16-13-27)24(21-10-8-7-9-11-21)23-19(4)29-30-20(23)5/h7-11,18,22,24H,6,12-17H2,1-5H3,(H,28,34)(H,29,30)/t22-,24?/m0/s1. The summed E-state index contributed by atoms with van der Waals surface area (Å²) in [6.07, 6.45) is 2.80. The summed E-state index contributed by atoms with van der Waals surface area (Å²) < 4.78 is 0. The van der Waals surface area contributed by atoms with E-state index in [4.69, 9.17) is 0 Å². The summed E-state index contributed by atoms with van der Waals surface area (Å²) in [6.45, 7) is 12.5. The van der Waals surface area contributed by atoms with Crippen molar-refractivity contribution in [1.29, 1.82) is 0 Å². The summed E-state index contributed by atoms with van der Waals surface area (Å²) in [6, 6.07) is 10.2. The van der Waals surface area contributed by atoms with E-state index in [1.54, 1.807) is 0 Å². The van der Waals surface area contributed by atoms with Crippen LogP contribution in [0, 0.1) is 19.8 Å². The lowest BCUT2D eigenvalue weighted by Gasteiger charge is -2.52. The van der Waals surface area contributed by atoms with Gasteiger partial charge in [0, 0.05) is 30.9 Å². The number of piperazine rings is 1. The maximum absolute atomic E-state index is 13.5. The molecule has 7 nitrogen and oxygen atoms in total. The van der Waals surface area contributed by atoms with Crippen molar-refractivity contribution in [1.82, 2.24) is 25.3 Å². The third-order valence-corrected chi connectivity index (χ3v) is 7.53. The number of aromatic amines is 1. The molecule has 3 heterocycles. The third kappa shape index (κ3) is 4.38. The average molecular weight is 466 g/mol. The van der Waals surface area contributed by atoms with E-state index in [1.165, 1.54) is 11.1 Å². The van der Waals surface area contributed by atoms with Crippen molar-refractivity contribution in [2.24, 2.45) is 5.92 Å². The van der Waals surface area contributed by atoms with Crippen molar-refractivity contribution in [2.45, 2.75) is 77.9 Å². The van der Waals surface area contributed by atoms with Gasteiger partial charge in [-0.3, -0.25) is 19.6 Å². The zero-order valence-corrected chi connectivity index (χ0v) is 21.2.